The molecule has 3 aromatic rings. The monoisotopic (exact) mass is 358 g/mol. The maximum atomic E-state index is 6.26. The fourth-order valence-corrected chi connectivity index (χ4v) is 3.72. The van der Waals surface area contributed by atoms with Crippen molar-refractivity contribution in [1.82, 2.24) is 0 Å². The first-order chi connectivity index (χ1) is 13.1. The van der Waals surface area contributed by atoms with Gasteiger partial charge in [0.1, 0.15) is 0 Å². The first-order valence-corrected chi connectivity index (χ1v) is 9.53. The quantitative estimate of drug-likeness (QED) is 0.442. The third kappa shape index (κ3) is 2.97. The number of nitrogens with zero attached hydrogens (tertiary/aromatic N) is 2. The Labute approximate surface area is 161 Å². The van der Waals surface area contributed by atoms with Crippen molar-refractivity contribution in [2.45, 2.75) is 20.8 Å². The largest absolute Gasteiger partial charge is 0.398 e. The molecule has 0 aliphatic carbocycles. The summed E-state index contributed by atoms with van der Waals surface area (Å²) in [6, 6.07) is 21.3. The predicted octanol–water partition coefficient (Wildman–Crippen LogP) is 5.95. The van der Waals surface area contributed by atoms with Crippen molar-refractivity contribution in [3.05, 3.63) is 66.2 Å². The normalized spacial score (nSPS) is 12.2. The van der Waals surface area contributed by atoms with Gasteiger partial charge in [-0.2, -0.15) is 0 Å². The number of anilines is 7. The standard InChI is InChI=1S/C23H26N4/c1-4-26(5-2)18-11-12-20-22(14-18)27(17-9-7-6-8-10-17)23-15-19(24)16(3)13-21(23)25-20/h6-15,25H,4-5,24H2,1-3H3. The average Bonchev–Trinajstić information content (AvgIpc) is 2.69. The summed E-state index contributed by atoms with van der Waals surface area (Å²) in [4.78, 5) is 4.66. The lowest BCUT2D eigenvalue weighted by Gasteiger charge is -2.35. The Morgan fingerprint density at radius 2 is 1.59 bits per heavy atom. The van der Waals surface area contributed by atoms with E-state index in [1.54, 1.807) is 0 Å². The number of nitrogens with one attached hydrogen (secondary N) is 1. The number of fused-ring (bicyclic) bond motifs is 2. The van der Waals surface area contributed by atoms with Crippen LogP contribution >= 0.6 is 0 Å². The zero-order valence-electron chi connectivity index (χ0n) is 16.2. The molecule has 4 rings (SSSR count). The highest BCUT2D eigenvalue weighted by Crippen LogP contribution is 2.49. The molecule has 1 heterocycles. The number of rotatable bonds is 4. The van der Waals surface area contributed by atoms with Crippen molar-refractivity contribution in [1.29, 1.82) is 0 Å². The summed E-state index contributed by atoms with van der Waals surface area (Å²) in [5.41, 5.74) is 14.9. The molecule has 0 saturated heterocycles. The van der Waals surface area contributed by atoms with Crippen molar-refractivity contribution in [3.63, 3.8) is 0 Å². The molecule has 1 aliphatic heterocycles. The molecule has 138 valence electrons. The molecule has 1 aliphatic rings. The minimum absolute atomic E-state index is 0.805. The Balaban J connectivity index is 1.93. The van der Waals surface area contributed by atoms with Gasteiger partial charge in [-0.05, 0) is 68.8 Å². The van der Waals surface area contributed by atoms with Gasteiger partial charge in [-0.1, -0.05) is 18.2 Å². The van der Waals surface area contributed by atoms with Crippen LogP contribution in [-0.4, -0.2) is 13.1 Å². The van der Waals surface area contributed by atoms with Crippen molar-refractivity contribution in [2.75, 3.05) is 33.9 Å². The van der Waals surface area contributed by atoms with E-state index in [1.807, 2.05) is 13.0 Å². The highest BCUT2D eigenvalue weighted by Gasteiger charge is 2.25. The van der Waals surface area contributed by atoms with Crippen LogP contribution < -0.4 is 20.9 Å². The molecule has 3 aromatic carbocycles. The van der Waals surface area contributed by atoms with Crippen LogP contribution in [0.5, 0.6) is 0 Å². The third-order valence-electron chi connectivity index (χ3n) is 5.26. The molecule has 0 aromatic heterocycles. The van der Waals surface area contributed by atoms with Gasteiger partial charge in [-0.3, -0.25) is 0 Å². The summed E-state index contributed by atoms with van der Waals surface area (Å²) in [5.74, 6) is 0. The number of nitrogen functional groups attached to an aromatic ring is 1. The second-order valence-corrected chi connectivity index (χ2v) is 6.90. The molecule has 0 spiro atoms. The molecule has 0 atom stereocenters. The van der Waals surface area contributed by atoms with Gasteiger partial charge in [0.15, 0.2) is 0 Å². The number of aryl methyl sites for hydroxylation is 1. The Bertz CT molecular complexity index is 962. The Morgan fingerprint density at radius 3 is 2.30 bits per heavy atom. The summed E-state index contributed by atoms with van der Waals surface area (Å²) in [7, 11) is 0. The van der Waals surface area contributed by atoms with E-state index in [4.69, 9.17) is 5.73 Å². The van der Waals surface area contributed by atoms with E-state index < -0.39 is 0 Å². The first-order valence-electron chi connectivity index (χ1n) is 9.53. The van der Waals surface area contributed by atoms with Gasteiger partial charge < -0.3 is 20.9 Å². The molecule has 0 radical (unpaired) electrons. The zero-order valence-corrected chi connectivity index (χ0v) is 16.2. The zero-order chi connectivity index (χ0) is 19.0. The molecule has 0 amide bonds. The molecular formula is C23H26N4. The SMILES string of the molecule is CCN(CC)c1ccc2c(c1)N(c1ccccc1)c1cc(N)c(C)cc1N2. The lowest BCUT2D eigenvalue weighted by molar-refractivity contribution is 0.866. The number of hydrogen-bond donors (Lipinski definition) is 2. The Morgan fingerprint density at radius 1 is 0.889 bits per heavy atom. The predicted molar refractivity (Wildman–Crippen MR) is 117 cm³/mol. The number of para-hydroxylation sites is 1. The van der Waals surface area contributed by atoms with Crippen LogP contribution in [0.2, 0.25) is 0 Å². The molecule has 27 heavy (non-hydrogen) atoms. The second kappa shape index (κ2) is 6.88. The maximum Gasteiger partial charge on any atom is 0.0718 e. The van der Waals surface area contributed by atoms with Crippen molar-refractivity contribution in [2.24, 2.45) is 0 Å². The van der Waals surface area contributed by atoms with E-state index in [9.17, 15) is 0 Å². The van der Waals surface area contributed by atoms with Crippen LogP contribution in [0.3, 0.4) is 0 Å². The van der Waals surface area contributed by atoms with Crippen molar-refractivity contribution in [3.8, 4) is 0 Å². The molecule has 3 N–H and O–H groups in total. The highest BCUT2D eigenvalue weighted by atomic mass is 15.2. The maximum absolute atomic E-state index is 6.26. The molecular weight excluding hydrogens is 332 g/mol. The second-order valence-electron chi connectivity index (χ2n) is 6.90. The van der Waals surface area contributed by atoms with E-state index in [2.05, 4.69) is 83.6 Å². The summed E-state index contributed by atoms with van der Waals surface area (Å²) in [5, 5.41) is 3.59. The van der Waals surface area contributed by atoms with E-state index in [0.29, 0.717) is 0 Å². The van der Waals surface area contributed by atoms with Crippen LogP contribution in [-0.2, 0) is 0 Å². The topological polar surface area (TPSA) is 44.5 Å². The van der Waals surface area contributed by atoms with Crippen LogP contribution in [0.15, 0.2) is 60.7 Å². The van der Waals surface area contributed by atoms with Gasteiger partial charge in [0.25, 0.3) is 0 Å². The fourth-order valence-electron chi connectivity index (χ4n) is 3.72. The Kier molecular flexibility index (Phi) is 4.40. The molecule has 4 heteroatoms. The van der Waals surface area contributed by atoms with Gasteiger partial charge in [-0.15, -0.1) is 0 Å². The van der Waals surface area contributed by atoms with Gasteiger partial charge in [-0.25, -0.2) is 0 Å². The fraction of sp³-hybridized carbons (Fsp3) is 0.217. The van der Waals surface area contributed by atoms with Gasteiger partial charge >= 0.3 is 0 Å². The molecule has 4 nitrogen and oxygen atoms in total. The molecule has 0 unspecified atom stereocenters. The smallest absolute Gasteiger partial charge is 0.0718 e. The minimum Gasteiger partial charge on any atom is -0.398 e. The summed E-state index contributed by atoms with van der Waals surface area (Å²) >= 11 is 0. The van der Waals surface area contributed by atoms with E-state index in [-0.39, 0.29) is 0 Å². The summed E-state index contributed by atoms with van der Waals surface area (Å²) in [6.45, 7) is 8.39. The van der Waals surface area contributed by atoms with Crippen LogP contribution in [0.1, 0.15) is 19.4 Å². The van der Waals surface area contributed by atoms with Crippen LogP contribution in [0.4, 0.5) is 39.8 Å². The van der Waals surface area contributed by atoms with Crippen LogP contribution in [0, 0.1) is 6.92 Å². The highest BCUT2D eigenvalue weighted by molar-refractivity contribution is 5.99. The summed E-state index contributed by atoms with van der Waals surface area (Å²) in [6.07, 6.45) is 0. The minimum atomic E-state index is 0.805. The van der Waals surface area contributed by atoms with Crippen molar-refractivity contribution >= 4 is 39.8 Å². The van der Waals surface area contributed by atoms with E-state index in [1.165, 1.54) is 5.69 Å². The average molecular weight is 358 g/mol. The molecule has 0 saturated carbocycles. The van der Waals surface area contributed by atoms with E-state index in [0.717, 1.165) is 52.8 Å². The first kappa shape index (κ1) is 17.3. The van der Waals surface area contributed by atoms with Gasteiger partial charge in [0.2, 0.25) is 0 Å². The van der Waals surface area contributed by atoms with Crippen LogP contribution in [0.25, 0.3) is 0 Å². The molecule has 0 fully saturated rings. The van der Waals surface area contributed by atoms with Crippen molar-refractivity contribution < 1.29 is 0 Å². The number of hydrogen-bond acceptors (Lipinski definition) is 4. The third-order valence-corrected chi connectivity index (χ3v) is 5.26. The number of benzene rings is 3. The lowest BCUT2D eigenvalue weighted by Crippen LogP contribution is -2.23. The Hall–Kier alpha value is -3.14. The van der Waals surface area contributed by atoms with E-state index >= 15 is 0 Å². The molecule has 0 bridgehead atoms. The lowest BCUT2D eigenvalue weighted by atomic mass is 10.0. The number of nitrogens with two attached hydrogens (primary N) is 1. The van der Waals surface area contributed by atoms with Gasteiger partial charge in [0.05, 0.1) is 22.7 Å². The summed E-state index contributed by atoms with van der Waals surface area (Å²) < 4.78 is 0. The van der Waals surface area contributed by atoms with Gasteiger partial charge in [0, 0.05) is 30.2 Å².